The summed E-state index contributed by atoms with van der Waals surface area (Å²) in [5.74, 6) is -0.830. The smallest absolute Gasteiger partial charge is 0.306 e. The quantitative estimate of drug-likeness (QED) is 0.0261. The van der Waals surface area contributed by atoms with Crippen molar-refractivity contribution in [1.82, 2.24) is 0 Å². The van der Waals surface area contributed by atoms with Crippen LogP contribution in [0.25, 0.3) is 0 Å². The lowest BCUT2D eigenvalue weighted by atomic mass is 10.0. The fraction of sp³-hybridized carbons (Fsp3) is 0.904. The Balaban J connectivity index is 4.09. The van der Waals surface area contributed by atoms with Crippen molar-refractivity contribution >= 4 is 17.9 Å². The minimum absolute atomic E-state index is 0.0632. The molecule has 0 spiro atoms. The van der Waals surface area contributed by atoms with Gasteiger partial charge in [0, 0.05) is 19.3 Å². The maximum atomic E-state index is 12.9. The van der Waals surface area contributed by atoms with Crippen molar-refractivity contribution < 1.29 is 28.6 Å². The van der Waals surface area contributed by atoms with Crippen molar-refractivity contribution in [3.8, 4) is 0 Å². The van der Waals surface area contributed by atoms with E-state index in [-0.39, 0.29) is 31.1 Å². The highest BCUT2D eigenvalue weighted by atomic mass is 16.6. The first-order chi connectivity index (χ1) is 39.0. The molecule has 0 heterocycles. The summed E-state index contributed by atoms with van der Waals surface area (Å²) in [5, 5.41) is 0. The van der Waals surface area contributed by atoms with E-state index in [9.17, 15) is 14.4 Å². The van der Waals surface area contributed by atoms with Crippen molar-refractivity contribution in [2.45, 2.75) is 412 Å². The Kier molecular flexibility index (Phi) is 66.6. The molecule has 0 aliphatic heterocycles. The van der Waals surface area contributed by atoms with Crippen LogP contribution in [0.15, 0.2) is 24.3 Å². The van der Waals surface area contributed by atoms with Crippen LogP contribution in [0.4, 0.5) is 0 Å². The Bertz CT molecular complexity index is 1270. The molecule has 79 heavy (non-hydrogen) atoms. The van der Waals surface area contributed by atoms with Crippen LogP contribution in [0.3, 0.4) is 0 Å². The molecule has 6 nitrogen and oxygen atoms in total. The minimum Gasteiger partial charge on any atom is -0.462 e. The summed E-state index contributed by atoms with van der Waals surface area (Å²) in [7, 11) is 0. The molecule has 0 radical (unpaired) electrons. The van der Waals surface area contributed by atoms with Gasteiger partial charge in [0.25, 0.3) is 0 Å². The Labute approximate surface area is 493 Å². The van der Waals surface area contributed by atoms with Gasteiger partial charge in [-0.25, -0.2) is 0 Å². The van der Waals surface area contributed by atoms with Crippen LogP contribution in [-0.4, -0.2) is 37.2 Å². The Morgan fingerprint density at radius 2 is 0.456 bits per heavy atom. The molecule has 6 heteroatoms. The van der Waals surface area contributed by atoms with Crippen LogP contribution in [0.5, 0.6) is 0 Å². The highest BCUT2D eigenvalue weighted by Crippen LogP contribution is 2.19. The zero-order valence-electron chi connectivity index (χ0n) is 53.7. The van der Waals surface area contributed by atoms with Crippen molar-refractivity contribution in [3.05, 3.63) is 24.3 Å². The van der Waals surface area contributed by atoms with E-state index in [1.54, 1.807) is 0 Å². The first-order valence-corrected chi connectivity index (χ1v) is 35.8. The predicted molar refractivity (Wildman–Crippen MR) is 344 cm³/mol. The van der Waals surface area contributed by atoms with Crippen molar-refractivity contribution in [2.24, 2.45) is 0 Å². The third-order valence-corrected chi connectivity index (χ3v) is 16.5. The summed E-state index contributed by atoms with van der Waals surface area (Å²) < 4.78 is 17.0. The monoisotopic (exact) mass is 1110 g/mol. The summed E-state index contributed by atoms with van der Waals surface area (Å²) in [6, 6.07) is 0. The lowest BCUT2D eigenvalue weighted by Gasteiger charge is -2.18. The fourth-order valence-corrected chi connectivity index (χ4v) is 11.1. The number of unbranched alkanes of at least 4 members (excludes halogenated alkanes) is 52. The fourth-order valence-electron chi connectivity index (χ4n) is 11.1. The molecule has 466 valence electrons. The normalized spacial score (nSPS) is 12.1. The summed E-state index contributed by atoms with van der Waals surface area (Å²) in [6.07, 6.45) is 83.6. The SMILES string of the molecule is CCCCCCC/C=C\C/C=C\CCCCCCCCCCCCCCCCCCCCCC(=O)OCC(COC(=O)CCCCCCCCCCCCC)OC(=O)CCCCCCCCCCCCCCCCCCCCC. The number of rotatable bonds is 67. The molecule has 0 N–H and O–H groups in total. The van der Waals surface area contributed by atoms with E-state index in [1.165, 1.54) is 302 Å². The summed E-state index contributed by atoms with van der Waals surface area (Å²) in [6.45, 7) is 6.70. The van der Waals surface area contributed by atoms with E-state index in [0.29, 0.717) is 19.3 Å². The maximum Gasteiger partial charge on any atom is 0.306 e. The Morgan fingerprint density at radius 1 is 0.253 bits per heavy atom. The van der Waals surface area contributed by atoms with Gasteiger partial charge in [0.05, 0.1) is 0 Å². The number of hydrogen-bond donors (Lipinski definition) is 0. The average molecular weight is 1110 g/mol. The molecule has 0 aromatic carbocycles. The van der Waals surface area contributed by atoms with Crippen LogP contribution >= 0.6 is 0 Å². The summed E-state index contributed by atoms with van der Waals surface area (Å²) in [4.78, 5) is 38.3. The van der Waals surface area contributed by atoms with Crippen LogP contribution in [-0.2, 0) is 28.6 Å². The highest BCUT2D eigenvalue weighted by molar-refractivity contribution is 5.71. The lowest BCUT2D eigenvalue weighted by Crippen LogP contribution is -2.30. The van der Waals surface area contributed by atoms with Gasteiger partial charge in [0.1, 0.15) is 13.2 Å². The molecule has 0 aromatic rings. The molecule has 0 aliphatic rings. The lowest BCUT2D eigenvalue weighted by molar-refractivity contribution is -0.167. The highest BCUT2D eigenvalue weighted by Gasteiger charge is 2.19. The van der Waals surface area contributed by atoms with Gasteiger partial charge < -0.3 is 14.2 Å². The van der Waals surface area contributed by atoms with Gasteiger partial charge in [-0.2, -0.15) is 0 Å². The second-order valence-corrected chi connectivity index (χ2v) is 24.5. The molecule has 1 unspecified atom stereocenters. The number of carbonyl (C=O) groups excluding carboxylic acids is 3. The second kappa shape index (κ2) is 68.4. The second-order valence-electron chi connectivity index (χ2n) is 24.5. The molecular weight excluding hydrogens is 973 g/mol. The molecule has 0 fully saturated rings. The molecule has 0 saturated heterocycles. The van der Waals surface area contributed by atoms with E-state index in [0.717, 1.165) is 64.2 Å². The Morgan fingerprint density at radius 3 is 0.696 bits per heavy atom. The first kappa shape index (κ1) is 76.9. The van der Waals surface area contributed by atoms with Gasteiger partial charge in [0.15, 0.2) is 6.10 Å². The van der Waals surface area contributed by atoms with Crippen molar-refractivity contribution in [1.29, 1.82) is 0 Å². The number of carbonyl (C=O) groups is 3. The minimum atomic E-state index is -0.765. The number of ether oxygens (including phenoxy) is 3. The third-order valence-electron chi connectivity index (χ3n) is 16.5. The van der Waals surface area contributed by atoms with Gasteiger partial charge in [-0.1, -0.05) is 360 Å². The van der Waals surface area contributed by atoms with Gasteiger partial charge in [0.2, 0.25) is 0 Å². The summed E-state index contributed by atoms with van der Waals surface area (Å²) in [5.41, 5.74) is 0. The molecular formula is C73H138O6. The van der Waals surface area contributed by atoms with Crippen LogP contribution in [0.1, 0.15) is 406 Å². The zero-order chi connectivity index (χ0) is 57.1. The van der Waals surface area contributed by atoms with E-state index in [1.807, 2.05) is 0 Å². The average Bonchev–Trinajstić information content (AvgIpc) is 3.45. The number of allylic oxidation sites excluding steroid dienone is 4. The number of esters is 3. The first-order valence-electron chi connectivity index (χ1n) is 35.8. The third kappa shape index (κ3) is 66.6. The van der Waals surface area contributed by atoms with Gasteiger partial charge in [-0.3, -0.25) is 14.4 Å². The zero-order valence-corrected chi connectivity index (χ0v) is 53.7. The maximum absolute atomic E-state index is 12.9. The predicted octanol–water partition coefficient (Wildman–Crippen LogP) is 24.6. The van der Waals surface area contributed by atoms with E-state index in [4.69, 9.17) is 14.2 Å². The van der Waals surface area contributed by atoms with Crippen molar-refractivity contribution in [2.75, 3.05) is 13.2 Å². The molecule has 0 rings (SSSR count). The number of hydrogen-bond acceptors (Lipinski definition) is 6. The molecule has 0 bridgehead atoms. The van der Waals surface area contributed by atoms with E-state index in [2.05, 4.69) is 45.1 Å². The largest absolute Gasteiger partial charge is 0.462 e. The van der Waals surface area contributed by atoms with E-state index < -0.39 is 6.10 Å². The van der Waals surface area contributed by atoms with E-state index >= 15 is 0 Å². The summed E-state index contributed by atoms with van der Waals surface area (Å²) >= 11 is 0. The van der Waals surface area contributed by atoms with Crippen LogP contribution in [0, 0.1) is 0 Å². The van der Waals surface area contributed by atoms with Crippen LogP contribution < -0.4 is 0 Å². The molecule has 0 saturated carbocycles. The standard InChI is InChI=1S/C73H138O6/c1-4-7-10-13-16-19-22-24-26-28-30-31-32-33-34-35-36-37-38-39-40-41-43-44-46-48-51-54-57-60-63-66-72(75)78-69-70(68-77-71(74)65-62-59-56-53-50-21-18-15-12-9-6-3)79-73(76)67-64-61-58-55-52-49-47-45-42-29-27-25-23-20-17-14-11-8-5-2/h22,24,28,30,70H,4-21,23,25-27,29,31-69H2,1-3H3/b24-22-,30-28-. The van der Waals surface area contributed by atoms with Crippen molar-refractivity contribution in [3.63, 3.8) is 0 Å². The topological polar surface area (TPSA) is 78.9 Å². The molecule has 0 aromatic heterocycles. The molecule has 0 amide bonds. The molecule has 1 atom stereocenters. The molecule has 0 aliphatic carbocycles. The van der Waals surface area contributed by atoms with Gasteiger partial charge >= 0.3 is 17.9 Å². The van der Waals surface area contributed by atoms with Gasteiger partial charge in [-0.15, -0.1) is 0 Å². The van der Waals surface area contributed by atoms with Crippen LogP contribution in [0.2, 0.25) is 0 Å². The Hall–Kier alpha value is -2.11. The van der Waals surface area contributed by atoms with Gasteiger partial charge in [-0.05, 0) is 51.4 Å².